The van der Waals surface area contributed by atoms with Crippen LogP contribution in [-0.2, 0) is 6.61 Å². The first-order chi connectivity index (χ1) is 14.5. The number of piperidine rings is 1. The first-order valence-electron chi connectivity index (χ1n) is 10.7. The molecule has 1 atom stereocenters. The number of hydrogen-bond donors (Lipinski definition) is 1. The number of carbonyl (C=O) groups is 1. The van der Waals surface area contributed by atoms with Gasteiger partial charge in [0, 0.05) is 18.7 Å². The molecule has 7 nitrogen and oxygen atoms in total. The Morgan fingerprint density at radius 1 is 1.23 bits per heavy atom. The number of aryl methyl sites for hydroxylation is 2. The monoisotopic (exact) mass is 415 g/mol. The van der Waals surface area contributed by atoms with Gasteiger partial charge in [-0.25, -0.2) is 0 Å². The van der Waals surface area contributed by atoms with E-state index in [0.717, 1.165) is 23.6 Å². The van der Waals surface area contributed by atoms with Crippen LogP contribution in [0.4, 0.5) is 0 Å². The zero-order valence-corrected chi connectivity index (χ0v) is 18.5. The van der Waals surface area contributed by atoms with E-state index < -0.39 is 0 Å². The van der Waals surface area contributed by atoms with E-state index in [2.05, 4.69) is 22.3 Å². The average molecular weight is 416 g/mol. The minimum atomic E-state index is -0.101. The average Bonchev–Trinajstić information content (AvgIpc) is 3.08. The molecular formula is C23H33N3O4. The Morgan fingerprint density at radius 3 is 2.67 bits per heavy atom. The third-order valence-electron chi connectivity index (χ3n) is 5.61. The van der Waals surface area contributed by atoms with Crippen molar-refractivity contribution in [1.82, 2.24) is 15.4 Å². The fourth-order valence-corrected chi connectivity index (χ4v) is 3.80. The Hall–Kier alpha value is -2.54. The number of benzene rings is 1. The van der Waals surface area contributed by atoms with Gasteiger partial charge in [0.25, 0.3) is 5.91 Å². The third kappa shape index (κ3) is 5.75. The summed E-state index contributed by atoms with van der Waals surface area (Å²) in [5.74, 6) is 2.15. The van der Waals surface area contributed by atoms with Crippen LogP contribution in [0.1, 0.15) is 53.6 Å². The summed E-state index contributed by atoms with van der Waals surface area (Å²) in [5, 5.41) is 6.98. The molecule has 1 unspecified atom stereocenters. The predicted molar refractivity (Wildman–Crippen MR) is 115 cm³/mol. The number of aromatic nitrogens is 1. The standard InChI is InChI=1S/C23H33N3O4/c1-16(14-26-10-6-5-7-11-26)13-24-23(27)19-8-9-21(22(12-19)28-4)29-15-20-17(2)25-30-18(20)3/h8-9,12,16H,5-7,10-11,13-15H2,1-4H3,(H,24,27). The summed E-state index contributed by atoms with van der Waals surface area (Å²) in [7, 11) is 1.57. The van der Waals surface area contributed by atoms with Crippen LogP contribution in [0.3, 0.4) is 0 Å². The molecule has 1 aromatic heterocycles. The van der Waals surface area contributed by atoms with Crippen LogP contribution in [0.5, 0.6) is 11.5 Å². The molecule has 7 heteroatoms. The molecule has 0 spiro atoms. The van der Waals surface area contributed by atoms with Gasteiger partial charge in [-0.3, -0.25) is 4.79 Å². The zero-order chi connectivity index (χ0) is 21.5. The molecule has 1 saturated heterocycles. The smallest absolute Gasteiger partial charge is 0.251 e. The van der Waals surface area contributed by atoms with Gasteiger partial charge in [-0.15, -0.1) is 0 Å². The highest BCUT2D eigenvalue weighted by Gasteiger charge is 2.16. The lowest BCUT2D eigenvalue weighted by Gasteiger charge is -2.29. The molecule has 164 valence electrons. The van der Waals surface area contributed by atoms with Gasteiger partial charge in [0.15, 0.2) is 11.5 Å². The number of methoxy groups -OCH3 is 1. The van der Waals surface area contributed by atoms with Crippen LogP contribution in [-0.4, -0.2) is 49.3 Å². The van der Waals surface area contributed by atoms with Gasteiger partial charge in [0.05, 0.1) is 18.4 Å². The first kappa shape index (κ1) is 22.2. The maximum atomic E-state index is 12.6. The van der Waals surface area contributed by atoms with Crippen molar-refractivity contribution in [2.75, 3.05) is 33.3 Å². The maximum Gasteiger partial charge on any atom is 0.251 e. The van der Waals surface area contributed by atoms with Gasteiger partial charge in [-0.2, -0.15) is 0 Å². The van der Waals surface area contributed by atoms with E-state index in [1.165, 1.54) is 32.4 Å². The summed E-state index contributed by atoms with van der Waals surface area (Å²) in [5.41, 5.74) is 2.28. The lowest BCUT2D eigenvalue weighted by Crippen LogP contribution is -2.38. The second-order valence-corrected chi connectivity index (χ2v) is 8.13. The fourth-order valence-electron chi connectivity index (χ4n) is 3.80. The van der Waals surface area contributed by atoms with Crippen LogP contribution < -0.4 is 14.8 Å². The Bertz CT molecular complexity index is 823. The van der Waals surface area contributed by atoms with Crippen molar-refractivity contribution in [2.24, 2.45) is 5.92 Å². The summed E-state index contributed by atoms with van der Waals surface area (Å²) in [6.45, 7) is 10.3. The Labute approximate surface area is 178 Å². The molecule has 2 aromatic rings. The molecule has 0 saturated carbocycles. The van der Waals surface area contributed by atoms with Crippen LogP contribution in [0.25, 0.3) is 0 Å². The molecule has 0 bridgehead atoms. The molecule has 1 aliphatic rings. The lowest BCUT2D eigenvalue weighted by atomic mass is 10.1. The van der Waals surface area contributed by atoms with Crippen molar-refractivity contribution in [2.45, 2.75) is 46.6 Å². The SMILES string of the molecule is COc1cc(C(=O)NCC(C)CN2CCCCC2)ccc1OCc1c(C)noc1C. The molecule has 0 radical (unpaired) electrons. The van der Waals surface area contributed by atoms with Crippen LogP contribution in [0.15, 0.2) is 22.7 Å². The van der Waals surface area contributed by atoms with E-state index in [1.54, 1.807) is 25.3 Å². The fraction of sp³-hybridized carbons (Fsp3) is 0.565. The van der Waals surface area contributed by atoms with E-state index in [9.17, 15) is 4.79 Å². The lowest BCUT2D eigenvalue weighted by molar-refractivity contribution is 0.0942. The number of carbonyl (C=O) groups excluding carboxylic acids is 1. The number of nitrogens with zero attached hydrogens (tertiary/aromatic N) is 2. The number of rotatable bonds is 9. The van der Waals surface area contributed by atoms with Crippen molar-refractivity contribution in [1.29, 1.82) is 0 Å². The molecule has 30 heavy (non-hydrogen) atoms. The molecule has 1 aromatic carbocycles. The topological polar surface area (TPSA) is 76.8 Å². The summed E-state index contributed by atoms with van der Waals surface area (Å²) in [6.07, 6.45) is 3.90. The molecule has 1 amide bonds. The van der Waals surface area contributed by atoms with E-state index in [-0.39, 0.29) is 5.91 Å². The summed E-state index contributed by atoms with van der Waals surface area (Å²) in [6, 6.07) is 5.24. The van der Waals surface area contributed by atoms with Gasteiger partial charge < -0.3 is 24.2 Å². The number of nitrogens with one attached hydrogen (secondary N) is 1. The zero-order valence-electron chi connectivity index (χ0n) is 18.5. The van der Waals surface area contributed by atoms with E-state index >= 15 is 0 Å². The second-order valence-electron chi connectivity index (χ2n) is 8.13. The van der Waals surface area contributed by atoms with E-state index in [1.807, 2.05) is 13.8 Å². The minimum Gasteiger partial charge on any atom is -0.493 e. The Balaban J connectivity index is 1.54. The second kappa shape index (κ2) is 10.5. The highest BCUT2D eigenvalue weighted by atomic mass is 16.5. The molecule has 1 aliphatic heterocycles. The Kier molecular flexibility index (Phi) is 7.74. The van der Waals surface area contributed by atoms with Gasteiger partial charge in [0.2, 0.25) is 0 Å². The molecule has 1 N–H and O–H groups in total. The van der Waals surface area contributed by atoms with Crippen molar-refractivity contribution in [3.63, 3.8) is 0 Å². The van der Waals surface area contributed by atoms with Crippen molar-refractivity contribution >= 4 is 5.91 Å². The molecule has 3 rings (SSSR count). The van der Waals surface area contributed by atoms with Gasteiger partial charge in [-0.05, 0) is 63.9 Å². The quantitative estimate of drug-likeness (QED) is 0.672. The van der Waals surface area contributed by atoms with Crippen molar-refractivity contribution in [3.05, 3.63) is 40.8 Å². The Morgan fingerprint density at radius 2 is 2.00 bits per heavy atom. The predicted octanol–water partition coefficient (Wildman–Crippen LogP) is 3.73. The molecule has 1 fully saturated rings. The van der Waals surface area contributed by atoms with Crippen molar-refractivity contribution < 1.29 is 18.8 Å². The summed E-state index contributed by atoms with van der Waals surface area (Å²) < 4.78 is 16.5. The highest BCUT2D eigenvalue weighted by Crippen LogP contribution is 2.29. The van der Waals surface area contributed by atoms with Crippen LogP contribution >= 0.6 is 0 Å². The van der Waals surface area contributed by atoms with Crippen LogP contribution in [0.2, 0.25) is 0 Å². The van der Waals surface area contributed by atoms with Crippen molar-refractivity contribution in [3.8, 4) is 11.5 Å². The molecular weight excluding hydrogens is 382 g/mol. The van der Waals surface area contributed by atoms with Gasteiger partial charge in [0.1, 0.15) is 12.4 Å². The van der Waals surface area contributed by atoms with Gasteiger partial charge >= 0.3 is 0 Å². The summed E-state index contributed by atoms with van der Waals surface area (Å²) in [4.78, 5) is 15.1. The third-order valence-corrected chi connectivity index (χ3v) is 5.61. The van der Waals surface area contributed by atoms with Crippen LogP contribution in [0, 0.1) is 19.8 Å². The van der Waals surface area contributed by atoms with E-state index in [0.29, 0.717) is 36.1 Å². The normalized spacial score (nSPS) is 15.6. The molecule has 0 aliphatic carbocycles. The number of amides is 1. The van der Waals surface area contributed by atoms with E-state index in [4.69, 9.17) is 14.0 Å². The molecule has 2 heterocycles. The highest BCUT2D eigenvalue weighted by molar-refractivity contribution is 5.94. The number of hydrogen-bond acceptors (Lipinski definition) is 6. The number of ether oxygens (including phenoxy) is 2. The number of likely N-dealkylation sites (tertiary alicyclic amines) is 1. The maximum absolute atomic E-state index is 12.6. The largest absolute Gasteiger partial charge is 0.493 e. The summed E-state index contributed by atoms with van der Waals surface area (Å²) >= 11 is 0. The van der Waals surface area contributed by atoms with Gasteiger partial charge in [-0.1, -0.05) is 18.5 Å². The minimum absolute atomic E-state index is 0.101. The first-order valence-corrected chi connectivity index (χ1v) is 10.7.